The van der Waals surface area contributed by atoms with Gasteiger partial charge in [0.1, 0.15) is 11.6 Å². The van der Waals surface area contributed by atoms with Crippen molar-refractivity contribution < 1.29 is 13.9 Å². The van der Waals surface area contributed by atoms with E-state index in [4.69, 9.17) is 4.74 Å². The van der Waals surface area contributed by atoms with Crippen LogP contribution in [0, 0.1) is 17.2 Å². The van der Waals surface area contributed by atoms with E-state index in [1.165, 1.54) is 19.2 Å². The quantitative estimate of drug-likeness (QED) is 0.737. The summed E-state index contributed by atoms with van der Waals surface area (Å²) in [4.78, 5) is 12.3. The van der Waals surface area contributed by atoms with E-state index in [1.54, 1.807) is 0 Å². The topological polar surface area (TPSA) is 26.3 Å². The van der Waals surface area contributed by atoms with Gasteiger partial charge in [0.15, 0.2) is 5.78 Å². The minimum absolute atomic E-state index is 0.0278. The first-order valence-electron chi connectivity index (χ1n) is 6.23. The van der Waals surface area contributed by atoms with Crippen molar-refractivity contribution in [2.75, 3.05) is 7.11 Å². The zero-order valence-electron chi connectivity index (χ0n) is 12.0. The van der Waals surface area contributed by atoms with Crippen molar-refractivity contribution in [1.82, 2.24) is 0 Å². The number of ether oxygens (including phenoxy) is 1. The minimum atomic E-state index is -0.433. The summed E-state index contributed by atoms with van der Waals surface area (Å²) in [7, 11) is 1.44. The highest BCUT2D eigenvalue weighted by molar-refractivity contribution is 9.10. The molecule has 0 aliphatic carbocycles. The molecule has 0 heterocycles. The third-order valence-corrected chi connectivity index (χ3v) is 4.12. The highest BCUT2D eigenvalue weighted by atomic mass is 79.9. The van der Waals surface area contributed by atoms with E-state index in [1.807, 2.05) is 6.92 Å². The second-order valence-corrected chi connectivity index (χ2v) is 6.72. The average molecular weight is 331 g/mol. The molecule has 0 aliphatic rings. The Balaban J connectivity index is 3.03. The van der Waals surface area contributed by atoms with Crippen molar-refractivity contribution in [1.29, 1.82) is 0 Å². The van der Waals surface area contributed by atoms with Crippen molar-refractivity contribution >= 4 is 21.7 Å². The molecule has 19 heavy (non-hydrogen) atoms. The van der Waals surface area contributed by atoms with Gasteiger partial charge in [-0.05, 0) is 33.3 Å². The number of hydrogen-bond donors (Lipinski definition) is 0. The van der Waals surface area contributed by atoms with Crippen LogP contribution in [0.3, 0.4) is 0 Å². The molecule has 0 amide bonds. The Morgan fingerprint density at radius 2 is 2.00 bits per heavy atom. The van der Waals surface area contributed by atoms with Gasteiger partial charge in [-0.15, -0.1) is 0 Å². The Morgan fingerprint density at radius 3 is 2.47 bits per heavy atom. The molecule has 106 valence electrons. The van der Waals surface area contributed by atoms with Crippen LogP contribution in [0.2, 0.25) is 0 Å². The smallest absolute Gasteiger partial charge is 0.166 e. The number of carbonyl (C=O) groups excluding carboxylic acids is 1. The van der Waals surface area contributed by atoms with Crippen LogP contribution in [0.25, 0.3) is 0 Å². The summed E-state index contributed by atoms with van der Waals surface area (Å²) in [6, 6.07) is 2.73. The van der Waals surface area contributed by atoms with Crippen LogP contribution in [-0.4, -0.2) is 12.9 Å². The summed E-state index contributed by atoms with van der Waals surface area (Å²) in [5, 5.41) is 0. The van der Waals surface area contributed by atoms with E-state index in [-0.39, 0.29) is 27.3 Å². The van der Waals surface area contributed by atoms with Gasteiger partial charge in [0.2, 0.25) is 0 Å². The molecular weight excluding hydrogens is 311 g/mol. The third-order valence-electron chi connectivity index (χ3n) is 3.51. The van der Waals surface area contributed by atoms with Gasteiger partial charge in [0, 0.05) is 12.5 Å². The lowest BCUT2D eigenvalue weighted by Gasteiger charge is -2.26. The Bertz CT molecular complexity index is 478. The largest absolute Gasteiger partial charge is 0.496 e. The van der Waals surface area contributed by atoms with Crippen LogP contribution >= 0.6 is 15.9 Å². The van der Waals surface area contributed by atoms with E-state index in [0.717, 1.165) is 0 Å². The van der Waals surface area contributed by atoms with Crippen LogP contribution in [0.1, 0.15) is 44.5 Å². The van der Waals surface area contributed by atoms with E-state index < -0.39 is 5.82 Å². The number of halogens is 2. The molecule has 0 aliphatic heterocycles. The lowest BCUT2D eigenvalue weighted by Crippen LogP contribution is -2.21. The molecule has 4 heteroatoms. The number of rotatable bonds is 4. The monoisotopic (exact) mass is 330 g/mol. The predicted octanol–water partition coefficient (Wildman–Crippen LogP) is 4.85. The molecule has 0 bridgehead atoms. The molecular formula is C15H20BrFO2. The first kappa shape index (κ1) is 16.2. The lowest BCUT2D eigenvalue weighted by atomic mass is 9.78. The summed E-state index contributed by atoms with van der Waals surface area (Å²) in [5.41, 5.74) is 0.479. The second kappa shape index (κ2) is 6.04. The molecule has 0 aromatic heterocycles. The van der Waals surface area contributed by atoms with Gasteiger partial charge in [0.05, 0.1) is 17.1 Å². The summed E-state index contributed by atoms with van der Waals surface area (Å²) >= 11 is 3.10. The first-order chi connectivity index (χ1) is 8.66. The lowest BCUT2D eigenvalue weighted by molar-refractivity contribution is 0.0924. The molecule has 1 unspecified atom stereocenters. The number of Topliss-reactive ketones (excluding diaryl/α,β-unsaturated/α-hetero) is 1. The molecule has 0 spiro atoms. The maximum Gasteiger partial charge on any atom is 0.166 e. The van der Waals surface area contributed by atoms with Gasteiger partial charge in [-0.25, -0.2) is 4.39 Å². The number of carbonyl (C=O) groups is 1. The maximum absolute atomic E-state index is 13.4. The Hall–Kier alpha value is -0.900. The molecule has 2 nitrogen and oxygen atoms in total. The Kier molecular flexibility index (Phi) is 5.13. The molecule has 1 aromatic rings. The van der Waals surface area contributed by atoms with Gasteiger partial charge >= 0.3 is 0 Å². The summed E-state index contributed by atoms with van der Waals surface area (Å²) in [5.74, 6) is 0.0533. The Morgan fingerprint density at radius 1 is 1.42 bits per heavy atom. The van der Waals surface area contributed by atoms with Crippen molar-refractivity contribution in [2.24, 2.45) is 11.3 Å². The van der Waals surface area contributed by atoms with E-state index in [2.05, 4.69) is 36.7 Å². The summed E-state index contributed by atoms with van der Waals surface area (Å²) < 4.78 is 18.8. The average Bonchev–Trinajstić information content (AvgIpc) is 2.30. The highest BCUT2D eigenvalue weighted by Crippen LogP contribution is 2.32. The standard InChI is InChI=1S/C15H20BrFO2/c1-9(15(2,3)4)6-13(18)10-7-11(16)12(17)8-14(10)19-5/h7-9H,6H2,1-5H3. The number of hydrogen-bond acceptors (Lipinski definition) is 2. The summed E-state index contributed by atoms with van der Waals surface area (Å²) in [6.07, 6.45) is 0.415. The summed E-state index contributed by atoms with van der Waals surface area (Å²) in [6.45, 7) is 8.34. The molecule has 0 N–H and O–H groups in total. The van der Waals surface area contributed by atoms with E-state index in [9.17, 15) is 9.18 Å². The molecule has 0 saturated heterocycles. The number of ketones is 1. The van der Waals surface area contributed by atoms with Crippen LogP contribution < -0.4 is 4.74 Å². The van der Waals surface area contributed by atoms with Gasteiger partial charge in [-0.1, -0.05) is 27.7 Å². The van der Waals surface area contributed by atoms with Crippen molar-refractivity contribution in [3.05, 3.63) is 28.0 Å². The van der Waals surface area contributed by atoms with Crippen molar-refractivity contribution in [3.8, 4) is 5.75 Å². The maximum atomic E-state index is 13.4. The van der Waals surface area contributed by atoms with Crippen LogP contribution in [0.4, 0.5) is 4.39 Å². The SMILES string of the molecule is COc1cc(F)c(Br)cc1C(=O)CC(C)C(C)(C)C. The van der Waals surface area contributed by atoms with Gasteiger partial charge in [0.25, 0.3) is 0 Å². The second-order valence-electron chi connectivity index (χ2n) is 5.86. The zero-order chi connectivity index (χ0) is 14.8. The fourth-order valence-electron chi connectivity index (χ4n) is 1.61. The van der Waals surface area contributed by atoms with E-state index >= 15 is 0 Å². The molecule has 1 aromatic carbocycles. The fraction of sp³-hybridized carbons (Fsp3) is 0.533. The number of methoxy groups -OCH3 is 1. The van der Waals surface area contributed by atoms with Gasteiger partial charge in [-0.2, -0.15) is 0 Å². The minimum Gasteiger partial charge on any atom is -0.496 e. The third kappa shape index (κ3) is 4.03. The highest BCUT2D eigenvalue weighted by Gasteiger charge is 2.25. The molecule has 0 radical (unpaired) electrons. The number of benzene rings is 1. The van der Waals surface area contributed by atoms with Gasteiger partial charge in [-0.3, -0.25) is 4.79 Å². The molecule has 0 saturated carbocycles. The van der Waals surface area contributed by atoms with Crippen molar-refractivity contribution in [3.63, 3.8) is 0 Å². The van der Waals surface area contributed by atoms with Crippen LogP contribution in [-0.2, 0) is 0 Å². The van der Waals surface area contributed by atoms with Crippen molar-refractivity contribution in [2.45, 2.75) is 34.1 Å². The fourth-order valence-corrected chi connectivity index (χ4v) is 1.95. The Labute approximate surface area is 122 Å². The van der Waals surface area contributed by atoms with Crippen LogP contribution in [0.5, 0.6) is 5.75 Å². The van der Waals surface area contributed by atoms with E-state index in [0.29, 0.717) is 12.0 Å². The zero-order valence-corrected chi connectivity index (χ0v) is 13.6. The molecule has 1 rings (SSSR count). The molecule has 1 atom stereocenters. The first-order valence-corrected chi connectivity index (χ1v) is 7.02. The molecule has 0 fully saturated rings. The normalized spacial score (nSPS) is 13.2. The predicted molar refractivity (Wildman–Crippen MR) is 78.2 cm³/mol. The van der Waals surface area contributed by atoms with Gasteiger partial charge < -0.3 is 4.74 Å². The van der Waals surface area contributed by atoms with Crippen LogP contribution in [0.15, 0.2) is 16.6 Å².